The molecule has 0 aliphatic heterocycles. The van der Waals surface area contributed by atoms with Crippen molar-refractivity contribution < 1.29 is 9.18 Å². The Balaban J connectivity index is 1.78. The third kappa shape index (κ3) is 4.02. The monoisotopic (exact) mass is 438 g/mol. The van der Waals surface area contributed by atoms with Crippen LogP contribution in [-0.4, -0.2) is 16.7 Å². The van der Waals surface area contributed by atoms with E-state index in [9.17, 15) is 9.18 Å². The Morgan fingerprint density at radius 2 is 1.93 bits per heavy atom. The van der Waals surface area contributed by atoms with Gasteiger partial charge < -0.3 is 4.57 Å². The van der Waals surface area contributed by atoms with E-state index in [0.717, 1.165) is 33.2 Å². The summed E-state index contributed by atoms with van der Waals surface area (Å²) in [6.07, 6.45) is 1.52. The Bertz CT molecular complexity index is 1110. The number of benzene rings is 2. The Kier molecular flexibility index (Phi) is 5.71. The highest BCUT2D eigenvalue weighted by molar-refractivity contribution is 9.10. The first-order valence-corrected chi connectivity index (χ1v) is 9.18. The molecule has 0 bridgehead atoms. The van der Waals surface area contributed by atoms with Gasteiger partial charge in [0.15, 0.2) is 0 Å². The topological polar surface area (TPSA) is 70.2 Å². The van der Waals surface area contributed by atoms with E-state index in [-0.39, 0.29) is 11.1 Å². The zero-order valence-electron chi connectivity index (χ0n) is 15.2. The molecular formula is C21H16BrFN4O. The van der Waals surface area contributed by atoms with Crippen LogP contribution in [0.15, 0.2) is 58.1 Å². The first-order chi connectivity index (χ1) is 13.4. The molecule has 1 heterocycles. The molecule has 0 aliphatic rings. The number of nitrogens with one attached hydrogen (secondary N) is 1. The molecule has 0 saturated heterocycles. The SMILES string of the molecule is Cc1cc(/C=N/NC(=O)c2ccc(C#N)cc2F)c(C)n1-c1ccc(Br)cc1. The van der Waals surface area contributed by atoms with Gasteiger partial charge in [0.2, 0.25) is 0 Å². The lowest BCUT2D eigenvalue weighted by Crippen LogP contribution is -2.19. The zero-order valence-corrected chi connectivity index (χ0v) is 16.8. The summed E-state index contributed by atoms with van der Waals surface area (Å²) < 4.78 is 17.0. The fraction of sp³-hybridized carbons (Fsp3) is 0.0952. The first-order valence-electron chi connectivity index (χ1n) is 8.38. The molecule has 1 amide bonds. The predicted octanol–water partition coefficient (Wildman–Crippen LogP) is 4.63. The van der Waals surface area contributed by atoms with Crippen molar-refractivity contribution in [3.8, 4) is 11.8 Å². The number of hydrogen-bond acceptors (Lipinski definition) is 3. The van der Waals surface area contributed by atoms with Gasteiger partial charge >= 0.3 is 0 Å². The van der Waals surface area contributed by atoms with Gasteiger partial charge in [-0.1, -0.05) is 15.9 Å². The molecule has 3 aromatic rings. The normalized spacial score (nSPS) is 10.8. The van der Waals surface area contributed by atoms with Crippen LogP contribution in [0.3, 0.4) is 0 Å². The van der Waals surface area contributed by atoms with Crippen molar-refractivity contribution in [2.75, 3.05) is 0 Å². The number of aromatic nitrogens is 1. The second kappa shape index (κ2) is 8.19. The Morgan fingerprint density at radius 3 is 2.57 bits per heavy atom. The second-order valence-corrected chi connectivity index (χ2v) is 7.06. The molecule has 0 spiro atoms. The Morgan fingerprint density at radius 1 is 1.21 bits per heavy atom. The molecule has 7 heteroatoms. The number of aryl methyl sites for hydroxylation is 1. The largest absolute Gasteiger partial charge is 0.318 e. The van der Waals surface area contributed by atoms with Gasteiger partial charge in [-0.05, 0) is 62.4 Å². The molecule has 0 atom stereocenters. The fourth-order valence-corrected chi connectivity index (χ4v) is 3.16. The van der Waals surface area contributed by atoms with Crippen LogP contribution in [0.1, 0.15) is 32.9 Å². The van der Waals surface area contributed by atoms with E-state index in [2.05, 4.69) is 31.0 Å². The van der Waals surface area contributed by atoms with Gasteiger partial charge in [0, 0.05) is 27.1 Å². The minimum atomic E-state index is -0.764. The number of halogens is 2. The molecule has 0 fully saturated rings. The van der Waals surface area contributed by atoms with E-state index in [0.29, 0.717) is 0 Å². The number of hydrogen-bond donors (Lipinski definition) is 1. The van der Waals surface area contributed by atoms with Crippen LogP contribution < -0.4 is 5.43 Å². The number of rotatable bonds is 4. The Hall–Kier alpha value is -3.24. The van der Waals surface area contributed by atoms with E-state index < -0.39 is 11.7 Å². The van der Waals surface area contributed by atoms with Crippen LogP contribution in [-0.2, 0) is 0 Å². The summed E-state index contributed by atoms with van der Waals surface area (Å²) in [5.41, 5.74) is 6.13. The van der Waals surface area contributed by atoms with Crippen molar-refractivity contribution in [2.24, 2.45) is 5.10 Å². The van der Waals surface area contributed by atoms with E-state index in [1.54, 1.807) is 0 Å². The summed E-state index contributed by atoms with van der Waals surface area (Å²) in [5.74, 6) is -1.44. The average Bonchev–Trinajstić information content (AvgIpc) is 2.96. The maximum atomic E-state index is 13.9. The molecule has 1 aromatic heterocycles. The van der Waals surface area contributed by atoms with Gasteiger partial charge in [-0.3, -0.25) is 4.79 Å². The highest BCUT2D eigenvalue weighted by atomic mass is 79.9. The maximum Gasteiger partial charge on any atom is 0.274 e. The third-order valence-corrected chi connectivity index (χ3v) is 4.80. The van der Waals surface area contributed by atoms with Gasteiger partial charge in [0.1, 0.15) is 5.82 Å². The molecule has 140 valence electrons. The summed E-state index contributed by atoms with van der Waals surface area (Å²) in [7, 11) is 0. The first kappa shape index (κ1) is 19.5. The smallest absolute Gasteiger partial charge is 0.274 e. The van der Waals surface area contributed by atoms with E-state index in [1.165, 1.54) is 18.3 Å². The Labute approximate surface area is 170 Å². The highest BCUT2D eigenvalue weighted by Crippen LogP contribution is 2.21. The number of carbonyl (C=O) groups excluding carboxylic acids is 1. The zero-order chi connectivity index (χ0) is 20.3. The van der Waals surface area contributed by atoms with Crippen LogP contribution in [0.2, 0.25) is 0 Å². The van der Waals surface area contributed by atoms with Crippen LogP contribution >= 0.6 is 15.9 Å². The fourth-order valence-electron chi connectivity index (χ4n) is 2.90. The molecule has 0 aliphatic carbocycles. The van der Waals surface area contributed by atoms with Gasteiger partial charge in [0.25, 0.3) is 5.91 Å². The average molecular weight is 439 g/mol. The summed E-state index contributed by atoms with van der Waals surface area (Å²) >= 11 is 3.43. The second-order valence-electron chi connectivity index (χ2n) is 6.14. The van der Waals surface area contributed by atoms with Crippen molar-refractivity contribution >= 4 is 28.1 Å². The predicted molar refractivity (Wildman–Crippen MR) is 109 cm³/mol. The van der Waals surface area contributed by atoms with Gasteiger partial charge in [-0.25, -0.2) is 9.82 Å². The van der Waals surface area contributed by atoms with Crippen LogP contribution in [0, 0.1) is 31.0 Å². The molecular weight excluding hydrogens is 423 g/mol. The van der Waals surface area contributed by atoms with Crippen molar-refractivity contribution in [1.82, 2.24) is 9.99 Å². The standard InChI is InChI=1S/C21H16BrFN4O/c1-13-9-16(14(2)27(13)18-6-4-17(22)5-7-18)12-25-26-21(28)19-8-3-15(11-24)10-20(19)23/h3-10,12H,1-2H3,(H,26,28)/b25-12+. The number of carbonyl (C=O) groups is 1. The van der Waals surface area contributed by atoms with Crippen molar-refractivity contribution in [2.45, 2.75) is 13.8 Å². The van der Waals surface area contributed by atoms with Gasteiger partial charge in [0.05, 0.1) is 23.4 Å². The van der Waals surface area contributed by atoms with Crippen molar-refractivity contribution in [3.05, 3.63) is 86.9 Å². The minimum Gasteiger partial charge on any atom is -0.318 e. The van der Waals surface area contributed by atoms with E-state index in [4.69, 9.17) is 5.26 Å². The maximum absolute atomic E-state index is 13.9. The number of amides is 1. The summed E-state index contributed by atoms with van der Waals surface area (Å²) in [4.78, 5) is 12.1. The molecule has 0 radical (unpaired) electrons. The quantitative estimate of drug-likeness (QED) is 0.476. The van der Waals surface area contributed by atoms with Crippen molar-refractivity contribution in [1.29, 1.82) is 5.26 Å². The molecule has 28 heavy (non-hydrogen) atoms. The van der Waals surface area contributed by atoms with Crippen molar-refractivity contribution in [3.63, 3.8) is 0 Å². The van der Waals surface area contributed by atoms with Crippen LogP contribution in [0.25, 0.3) is 5.69 Å². The highest BCUT2D eigenvalue weighted by Gasteiger charge is 2.12. The third-order valence-electron chi connectivity index (χ3n) is 4.27. The van der Waals surface area contributed by atoms with Gasteiger partial charge in [-0.2, -0.15) is 10.4 Å². The molecule has 0 saturated carbocycles. The number of nitrogens with zero attached hydrogens (tertiary/aromatic N) is 3. The minimum absolute atomic E-state index is 0.151. The van der Waals surface area contributed by atoms with Crippen LogP contribution in [0.4, 0.5) is 4.39 Å². The van der Waals surface area contributed by atoms with Gasteiger partial charge in [-0.15, -0.1) is 0 Å². The number of nitriles is 1. The summed E-state index contributed by atoms with van der Waals surface area (Å²) in [6.45, 7) is 3.94. The molecule has 0 unspecified atom stereocenters. The molecule has 3 rings (SSSR count). The summed E-state index contributed by atoms with van der Waals surface area (Å²) in [5, 5.41) is 12.7. The van der Waals surface area contributed by atoms with E-state index >= 15 is 0 Å². The van der Waals surface area contributed by atoms with Crippen LogP contribution in [0.5, 0.6) is 0 Å². The lowest BCUT2D eigenvalue weighted by atomic mass is 10.1. The lowest BCUT2D eigenvalue weighted by molar-refractivity contribution is 0.0951. The summed E-state index contributed by atoms with van der Waals surface area (Å²) in [6, 6.07) is 15.4. The lowest BCUT2D eigenvalue weighted by Gasteiger charge is -2.09. The molecule has 1 N–H and O–H groups in total. The molecule has 5 nitrogen and oxygen atoms in total. The van der Waals surface area contributed by atoms with E-state index in [1.807, 2.05) is 50.2 Å². The number of hydrazone groups is 1. The molecule has 2 aromatic carbocycles.